The van der Waals surface area contributed by atoms with Gasteiger partial charge in [-0.2, -0.15) is 0 Å². The minimum atomic E-state index is -1.08. The molecule has 0 aliphatic heterocycles. The lowest BCUT2D eigenvalue weighted by Gasteiger charge is -2.26. The zero-order valence-electron chi connectivity index (χ0n) is 7.16. The fraction of sp³-hybridized carbons (Fsp3) is 1.00. The van der Waals surface area contributed by atoms with Crippen molar-refractivity contribution in [2.45, 2.75) is 44.8 Å². The van der Waals surface area contributed by atoms with Gasteiger partial charge in [-0.3, -0.25) is 0 Å². The van der Waals surface area contributed by atoms with E-state index < -0.39 is 7.12 Å². The molecule has 2 nitrogen and oxygen atoms in total. The second kappa shape index (κ2) is 4.12. The Hall–Kier alpha value is -0.0151. The van der Waals surface area contributed by atoms with Gasteiger partial charge in [-0.25, -0.2) is 0 Å². The molecule has 1 aliphatic carbocycles. The van der Waals surface area contributed by atoms with Crippen LogP contribution in [-0.4, -0.2) is 17.2 Å². The van der Waals surface area contributed by atoms with Crippen LogP contribution in [-0.2, 0) is 0 Å². The summed E-state index contributed by atoms with van der Waals surface area (Å²) in [6, 6.07) is 0. The normalized spacial score (nSPS) is 31.9. The number of hydrogen-bond acceptors (Lipinski definition) is 2. The predicted molar refractivity (Wildman–Crippen MR) is 46.2 cm³/mol. The van der Waals surface area contributed by atoms with Crippen LogP contribution in [0, 0.1) is 5.92 Å². The summed E-state index contributed by atoms with van der Waals surface area (Å²) in [5, 5.41) is 17.8. The minimum Gasteiger partial charge on any atom is -0.427 e. The Morgan fingerprint density at radius 3 is 2.09 bits per heavy atom. The molecular weight excluding hydrogens is 139 g/mol. The maximum atomic E-state index is 8.89. The third-order valence-corrected chi connectivity index (χ3v) is 2.89. The van der Waals surface area contributed by atoms with Gasteiger partial charge in [-0.15, -0.1) is 0 Å². The van der Waals surface area contributed by atoms with E-state index in [-0.39, 0.29) is 5.82 Å². The largest absolute Gasteiger partial charge is 0.454 e. The van der Waals surface area contributed by atoms with Crippen molar-refractivity contribution in [1.29, 1.82) is 0 Å². The number of rotatable bonds is 2. The molecule has 1 fully saturated rings. The molecule has 0 radical (unpaired) electrons. The van der Waals surface area contributed by atoms with E-state index >= 15 is 0 Å². The molecule has 64 valence electrons. The van der Waals surface area contributed by atoms with E-state index in [1.54, 1.807) is 0 Å². The van der Waals surface area contributed by atoms with Crippen molar-refractivity contribution in [2.75, 3.05) is 0 Å². The van der Waals surface area contributed by atoms with Gasteiger partial charge in [0.25, 0.3) is 0 Å². The summed E-state index contributed by atoms with van der Waals surface area (Å²) in [5.41, 5.74) is 0. The quantitative estimate of drug-likeness (QED) is 0.593. The minimum absolute atomic E-state index is 0.151. The standard InChI is InChI=1S/C8H17BO2/c1-2-7-3-5-8(6-4-7)9(10)11/h7-8,10-11H,2-6H2,1H3. The summed E-state index contributed by atoms with van der Waals surface area (Å²) in [6.07, 6.45) is 5.60. The summed E-state index contributed by atoms with van der Waals surface area (Å²) < 4.78 is 0. The van der Waals surface area contributed by atoms with Crippen molar-refractivity contribution < 1.29 is 10.0 Å². The summed E-state index contributed by atoms with van der Waals surface area (Å²) >= 11 is 0. The predicted octanol–water partition coefficient (Wildman–Crippen LogP) is 1.43. The molecule has 2 N–H and O–H groups in total. The third-order valence-electron chi connectivity index (χ3n) is 2.89. The molecule has 0 aromatic rings. The molecule has 0 aromatic heterocycles. The van der Waals surface area contributed by atoms with E-state index in [0.29, 0.717) is 0 Å². The van der Waals surface area contributed by atoms with Gasteiger partial charge in [0.1, 0.15) is 0 Å². The van der Waals surface area contributed by atoms with Crippen LogP contribution in [0.4, 0.5) is 0 Å². The Balaban J connectivity index is 2.24. The first-order valence-electron chi connectivity index (χ1n) is 4.60. The molecule has 0 saturated heterocycles. The summed E-state index contributed by atoms with van der Waals surface area (Å²) in [5.74, 6) is 0.989. The van der Waals surface area contributed by atoms with Crippen LogP contribution in [0.5, 0.6) is 0 Å². The zero-order chi connectivity index (χ0) is 8.27. The van der Waals surface area contributed by atoms with Gasteiger partial charge in [0, 0.05) is 0 Å². The van der Waals surface area contributed by atoms with E-state index in [9.17, 15) is 0 Å². The summed E-state index contributed by atoms with van der Waals surface area (Å²) in [7, 11) is -1.08. The maximum Gasteiger partial charge on any atom is 0.454 e. The van der Waals surface area contributed by atoms with Gasteiger partial charge in [0.2, 0.25) is 0 Å². The van der Waals surface area contributed by atoms with Gasteiger partial charge in [-0.1, -0.05) is 39.0 Å². The van der Waals surface area contributed by atoms with Crippen molar-refractivity contribution in [3.8, 4) is 0 Å². The lowest BCUT2D eigenvalue weighted by Crippen LogP contribution is -2.24. The van der Waals surface area contributed by atoms with Crippen molar-refractivity contribution >= 4 is 7.12 Å². The zero-order valence-corrected chi connectivity index (χ0v) is 7.16. The van der Waals surface area contributed by atoms with Crippen LogP contribution in [0.15, 0.2) is 0 Å². The Kier molecular flexibility index (Phi) is 3.40. The molecule has 1 aliphatic rings. The maximum absolute atomic E-state index is 8.89. The second-order valence-electron chi connectivity index (χ2n) is 3.60. The van der Waals surface area contributed by atoms with Crippen LogP contribution in [0.1, 0.15) is 39.0 Å². The van der Waals surface area contributed by atoms with E-state index in [0.717, 1.165) is 18.8 Å². The van der Waals surface area contributed by atoms with Crippen molar-refractivity contribution in [3.63, 3.8) is 0 Å². The number of hydrogen-bond donors (Lipinski definition) is 2. The van der Waals surface area contributed by atoms with Crippen molar-refractivity contribution in [3.05, 3.63) is 0 Å². The summed E-state index contributed by atoms with van der Waals surface area (Å²) in [6.45, 7) is 2.21. The summed E-state index contributed by atoms with van der Waals surface area (Å²) in [4.78, 5) is 0. The molecule has 1 saturated carbocycles. The molecule has 0 unspecified atom stereocenters. The molecule has 0 heterocycles. The highest BCUT2D eigenvalue weighted by Gasteiger charge is 2.28. The Labute approximate surface area is 68.8 Å². The van der Waals surface area contributed by atoms with Crippen molar-refractivity contribution in [1.82, 2.24) is 0 Å². The molecule has 0 atom stereocenters. The molecule has 0 spiro atoms. The monoisotopic (exact) mass is 156 g/mol. The molecule has 0 bridgehead atoms. The average Bonchev–Trinajstić information content (AvgIpc) is 2.05. The second-order valence-corrected chi connectivity index (χ2v) is 3.60. The molecule has 0 amide bonds. The van der Waals surface area contributed by atoms with Crippen molar-refractivity contribution in [2.24, 2.45) is 5.92 Å². The van der Waals surface area contributed by atoms with Crippen LogP contribution in [0.3, 0.4) is 0 Å². The Morgan fingerprint density at radius 1 is 1.18 bits per heavy atom. The van der Waals surface area contributed by atoms with Gasteiger partial charge in [-0.05, 0) is 11.7 Å². The van der Waals surface area contributed by atoms with Gasteiger partial charge < -0.3 is 10.0 Å². The first-order chi connectivity index (χ1) is 5.24. The SMILES string of the molecule is CCC1CCC(B(O)O)CC1. The lowest BCUT2D eigenvalue weighted by molar-refractivity contribution is 0.301. The first-order valence-corrected chi connectivity index (χ1v) is 4.60. The molecule has 1 rings (SSSR count). The molecule has 11 heavy (non-hydrogen) atoms. The Bertz CT molecular complexity index is 109. The molecular formula is C8H17BO2. The fourth-order valence-electron chi connectivity index (χ4n) is 1.89. The van der Waals surface area contributed by atoms with Gasteiger partial charge in [0.15, 0.2) is 0 Å². The van der Waals surface area contributed by atoms with E-state index in [4.69, 9.17) is 10.0 Å². The van der Waals surface area contributed by atoms with E-state index in [1.165, 1.54) is 19.3 Å². The smallest absolute Gasteiger partial charge is 0.427 e. The molecule has 3 heteroatoms. The highest BCUT2D eigenvalue weighted by atomic mass is 16.4. The van der Waals surface area contributed by atoms with Gasteiger partial charge >= 0.3 is 7.12 Å². The van der Waals surface area contributed by atoms with Crippen LogP contribution < -0.4 is 0 Å². The van der Waals surface area contributed by atoms with Crippen LogP contribution in [0.2, 0.25) is 5.82 Å². The first kappa shape index (κ1) is 9.08. The highest BCUT2D eigenvalue weighted by Crippen LogP contribution is 2.34. The average molecular weight is 156 g/mol. The van der Waals surface area contributed by atoms with Crippen LogP contribution >= 0.6 is 0 Å². The van der Waals surface area contributed by atoms with E-state index in [2.05, 4.69) is 6.92 Å². The topological polar surface area (TPSA) is 40.5 Å². The van der Waals surface area contributed by atoms with E-state index in [1.807, 2.05) is 0 Å². The van der Waals surface area contributed by atoms with Crippen LogP contribution in [0.25, 0.3) is 0 Å². The highest BCUT2D eigenvalue weighted by molar-refractivity contribution is 6.43. The molecule has 0 aromatic carbocycles. The lowest BCUT2D eigenvalue weighted by atomic mass is 9.63. The Morgan fingerprint density at radius 2 is 1.73 bits per heavy atom. The van der Waals surface area contributed by atoms with Gasteiger partial charge in [0.05, 0.1) is 0 Å². The fourth-order valence-corrected chi connectivity index (χ4v) is 1.89. The third kappa shape index (κ3) is 2.49.